The van der Waals surface area contributed by atoms with Crippen molar-refractivity contribution in [2.24, 2.45) is 16.0 Å². The van der Waals surface area contributed by atoms with Crippen LogP contribution in [0.2, 0.25) is 0 Å². The van der Waals surface area contributed by atoms with Gasteiger partial charge in [0.2, 0.25) is 10.0 Å². The smallest absolute Gasteiger partial charge is 0.268 e. The molecule has 0 amide bonds. The quantitative estimate of drug-likeness (QED) is 0.865. The summed E-state index contributed by atoms with van der Waals surface area (Å²) in [5, 5.41) is 5.06. The second-order valence-corrected chi connectivity index (χ2v) is 8.88. The van der Waals surface area contributed by atoms with Crippen molar-refractivity contribution in [3.05, 3.63) is 59.7 Å². The molecule has 1 aliphatic heterocycles. The van der Waals surface area contributed by atoms with Gasteiger partial charge in [-0.1, -0.05) is 30.3 Å². The molecule has 2 aromatic rings. The third-order valence-corrected chi connectivity index (χ3v) is 5.96. The molecule has 2 N–H and O–H groups in total. The minimum absolute atomic E-state index is 0.00391. The molecule has 142 valence electrons. The molecule has 5 nitrogen and oxygen atoms in total. The summed E-state index contributed by atoms with van der Waals surface area (Å²) in [6.07, 6.45) is 0. The van der Waals surface area contributed by atoms with E-state index in [1.165, 1.54) is 24.3 Å². The number of ether oxygens (including phenoxy) is 1. The summed E-state index contributed by atoms with van der Waals surface area (Å²) >= 11 is 0. The van der Waals surface area contributed by atoms with Gasteiger partial charge in [0.15, 0.2) is 5.90 Å². The first-order valence-electron chi connectivity index (χ1n) is 8.39. The molecule has 0 spiro atoms. The highest BCUT2D eigenvalue weighted by Gasteiger charge is 2.72. The Bertz CT molecular complexity index is 1050. The highest BCUT2D eigenvalue weighted by Crippen LogP contribution is 2.63. The number of hydrogen-bond donors (Lipinski definition) is 1. The number of aliphatic imine (C=N–C) groups is 1. The molecule has 0 saturated heterocycles. The van der Waals surface area contributed by atoms with E-state index in [4.69, 9.17) is 9.88 Å². The summed E-state index contributed by atoms with van der Waals surface area (Å²) in [7, 11) is -3.87. The van der Waals surface area contributed by atoms with E-state index >= 15 is 0 Å². The number of sulfonamides is 1. The Labute approximate surface area is 155 Å². The van der Waals surface area contributed by atoms with Gasteiger partial charge in [-0.2, -0.15) is 0 Å². The van der Waals surface area contributed by atoms with Crippen LogP contribution in [0.1, 0.15) is 30.9 Å². The number of rotatable bonds is 3. The van der Waals surface area contributed by atoms with Gasteiger partial charge in [-0.05, 0) is 37.6 Å². The SMILES string of the molecule is CC1(C)OC([C@@H]2[C@@H](c3ccc(S(N)(=O)=O)cc3)C2(F)F)=Nc2ccccc21. The van der Waals surface area contributed by atoms with Crippen LogP contribution in [0.3, 0.4) is 0 Å². The van der Waals surface area contributed by atoms with Gasteiger partial charge in [-0.3, -0.25) is 0 Å². The summed E-state index contributed by atoms with van der Waals surface area (Å²) in [6.45, 7) is 3.63. The van der Waals surface area contributed by atoms with Crippen LogP contribution in [0.25, 0.3) is 0 Å². The van der Waals surface area contributed by atoms with Gasteiger partial charge < -0.3 is 4.74 Å². The fourth-order valence-electron chi connectivity index (χ4n) is 3.58. The average Bonchev–Trinajstić information content (AvgIpc) is 3.16. The van der Waals surface area contributed by atoms with Crippen molar-refractivity contribution in [3.8, 4) is 0 Å². The van der Waals surface area contributed by atoms with E-state index in [9.17, 15) is 17.2 Å². The fourth-order valence-corrected chi connectivity index (χ4v) is 4.10. The number of fused-ring (bicyclic) bond motifs is 1. The van der Waals surface area contributed by atoms with Crippen LogP contribution in [-0.4, -0.2) is 20.2 Å². The summed E-state index contributed by atoms with van der Waals surface area (Å²) in [6, 6.07) is 12.5. The topological polar surface area (TPSA) is 81.8 Å². The molecule has 1 fully saturated rings. The van der Waals surface area contributed by atoms with E-state index < -0.39 is 33.4 Å². The highest BCUT2D eigenvalue weighted by molar-refractivity contribution is 7.89. The van der Waals surface area contributed by atoms with Crippen LogP contribution in [0.15, 0.2) is 58.4 Å². The normalized spacial score (nSPS) is 25.1. The first-order valence-corrected chi connectivity index (χ1v) is 9.94. The van der Waals surface area contributed by atoms with Gasteiger partial charge in [0.1, 0.15) is 11.5 Å². The maximum Gasteiger partial charge on any atom is 0.268 e. The minimum Gasteiger partial charge on any atom is -0.469 e. The molecule has 1 heterocycles. The van der Waals surface area contributed by atoms with E-state index in [1.54, 1.807) is 12.1 Å². The lowest BCUT2D eigenvalue weighted by atomic mass is 9.95. The molecule has 1 aliphatic carbocycles. The molecule has 1 saturated carbocycles. The van der Waals surface area contributed by atoms with E-state index in [-0.39, 0.29) is 10.8 Å². The Hall–Kier alpha value is -2.32. The number of benzene rings is 2. The van der Waals surface area contributed by atoms with Gasteiger partial charge >= 0.3 is 0 Å². The molecule has 2 aliphatic rings. The molecule has 0 unspecified atom stereocenters. The van der Waals surface area contributed by atoms with Crippen molar-refractivity contribution in [1.82, 2.24) is 0 Å². The van der Waals surface area contributed by atoms with Crippen molar-refractivity contribution in [1.29, 1.82) is 0 Å². The number of primary sulfonamides is 1. The average molecular weight is 392 g/mol. The minimum atomic E-state index is -3.87. The highest BCUT2D eigenvalue weighted by atomic mass is 32.2. The third kappa shape index (κ3) is 2.93. The van der Waals surface area contributed by atoms with Gasteiger partial charge in [-0.25, -0.2) is 27.3 Å². The summed E-state index contributed by atoms with van der Waals surface area (Å²) in [5.74, 6) is -5.33. The van der Waals surface area contributed by atoms with E-state index in [0.717, 1.165) is 5.56 Å². The second kappa shape index (κ2) is 5.59. The first kappa shape index (κ1) is 18.1. The molecule has 0 aromatic heterocycles. The molecule has 0 radical (unpaired) electrons. The zero-order valence-corrected chi connectivity index (χ0v) is 15.5. The van der Waals surface area contributed by atoms with Gasteiger partial charge in [0.05, 0.1) is 16.5 Å². The predicted octanol–water partition coefficient (Wildman–Crippen LogP) is 3.68. The predicted molar refractivity (Wildman–Crippen MR) is 96.6 cm³/mol. The third-order valence-electron chi connectivity index (χ3n) is 5.03. The summed E-state index contributed by atoms with van der Waals surface area (Å²) in [5.41, 5.74) is 1.01. The molecule has 0 bridgehead atoms. The molecule has 2 atom stereocenters. The number of para-hydroxylation sites is 1. The van der Waals surface area contributed by atoms with Crippen LogP contribution in [-0.2, 0) is 20.4 Å². The number of nitrogens with two attached hydrogens (primary N) is 1. The number of halogens is 2. The lowest BCUT2D eigenvalue weighted by Crippen LogP contribution is -2.30. The van der Waals surface area contributed by atoms with Crippen LogP contribution in [0.4, 0.5) is 14.5 Å². The van der Waals surface area contributed by atoms with Crippen molar-refractivity contribution >= 4 is 21.6 Å². The Kier molecular flexibility index (Phi) is 3.74. The standard InChI is InChI=1S/C19H18F2N2O3S/c1-18(2)13-5-3-4-6-14(13)23-17(26-18)16-15(19(16,20)21)11-7-9-12(10-8-11)27(22,24)25/h3-10,15-16H,1-2H3,(H2,22,24,25)/t15-,16+/m1/s1. The van der Waals surface area contributed by atoms with Crippen LogP contribution in [0, 0.1) is 5.92 Å². The van der Waals surface area contributed by atoms with Crippen molar-refractivity contribution < 1.29 is 21.9 Å². The molecule has 8 heteroatoms. The number of hydrogen-bond acceptors (Lipinski definition) is 4. The number of nitrogens with zero attached hydrogens (tertiary/aromatic N) is 1. The molecule has 27 heavy (non-hydrogen) atoms. The van der Waals surface area contributed by atoms with E-state index in [1.807, 2.05) is 26.0 Å². The second-order valence-electron chi connectivity index (χ2n) is 7.32. The molecule has 4 rings (SSSR count). The lowest BCUT2D eigenvalue weighted by molar-refractivity contribution is 0.0656. The largest absolute Gasteiger partial charge is 0.469 e. The van der Waals surface area contributed by atoms with Gasteiger partial charge in [-0.15, -0.1) is 0 Å². The zero-order valence-electron chi connectivity index (χ0n) is 14.7. The monoisotopic (exact) mass is 392 g/mol. The van der Waals surface area contributed by atoms with Crippen molar-refractivity contribution in [2.45, 2.75) is 36.2 Å². The maximum absolute atomic E-state index is 14.6. The maximum atomic E-state index is 14.6. The summed E-state index contributed by atoms with van der Waals surface area (Å²) in [4.78, 5) is 4.21. The van der Waals surface area contributed by atoms with Crippen LogP contribution in [0.5, 0.6) is 0 Å². The first-order chi connectivity index (χ1) is 12.5. The van der Waals surface area contributed by atoms with Crippen molar-refractivity contribution in [2.75, 3.05) is 0 Å². The Morgan fingerprint density at radius 1 is 1.04 bits per heavy atom. The Morgan fingerprint density at radius 2 is 1.67 bits per heavy atom. The molecular formula is C19H18F2N2O3S. The molecule has 2 aromatic carbocycles. The van der Waals surface area contributed by atoms with Gasteiger partial charge in [0, 0.05) is 5.56 Å². The van der Waals surface area contributed by atoms with Gasteiger partial charge in [0.25, 0.3) is 5.92 Å². The molecular weight excluding hydrogens is 374 g/mol. The Balaban J connectivity index is 1.69. The Morgan fingerprint density at radius 3 is 2.30 bits per heavy atom. The van der Waals surface area contributed by atoms with E-state index in [2.05, 4.69) is 4.99 Å². The summed E-state index contributed by atoms with van der Waals surface area (Å²) < 4.78 is 57.7. The number of alkyl halides is 2. The van der Waals surface area contributed by atoms with Crippen LogP contribution >= 0.6 is 0 Å². The van der Waals surface area contributed by atoms with E-state index in [0.29, 0.717) is 11.3 Å². The lowest BCUT2D eigenvalue weighted by Gasteiger charge is -2.32. The fraction of sp³-hybridized carbons (Fsp3) is 0.316. The van der Waals surface area contributed by atoms with Crippen molar-refractivity contribution in [3.63, 3.8) is 0 Å². The zero-order chi connectivity index (χ0) is 19.6. The van der Waals surface area contributed by atoms with Crippen LogP contribution < -0.4 is 5.14 Å².